The molecule has 1 aromatic rings. The van der Waals surface area contributed by atoms with E-state index in [1.54, 1.807) is 0 Å². The Balaban J connectivity index is 2.37. The Bertz CT molecular complexity index is 352. The summed E-state index contributed by atoms with van der Waals surface area (Å²) in [6.07, 6.45) is 3.48. The molecule has 1 aliphatic rings. The van der Waals surface area contributed by atoms with Crippen molar-refractivity contribution in [3.05, 3.63) is 15.1 Å². The van der Waals surface area contributed by atoms with Crippen LogP contribution in [0.25, 0.3) is 0 Å². The highest BCUT2D eigenvalue weighted by Crippen LogP contribution is 2.39. The molecule has 0 saturated carbocycles. The zero-order chi connectivity index (χ0) is 11.5. The van der Waals surface area contributed by atoms with Crippen molar-refractivity contribution in [3.8, 4) is 0 Å². The molecule has 1 aromatic heterocycles. The molecule has 0 aliphatic carbocycles. The molecule has 1 atom stereocenters. The lowest BCUT2D eigenvalue weighted by atomic mass is 10.2. The Kier molecular flexibility index (Phi) is 4.29. The predicted molar refractivity (Wildman–Crippen MR) is 78.1 cm³/mol. The van der Waals surface area contributed by atoms with E-state index in [1.165, 1.54) is 24.3 Å². The number of aromatic nitrogens is 2. The number of anilines is 1. The number of rotatable bonds is 3. The van der Waals surface area contributed by atoms with Crippen molar-refractivity contribution in [1.29, 1.82) is 0 Å². The highest BCUT2D eigenvalue weighted by Gasteiger charge is 2.22. The normalized spacial score (nSPS) is 20.1. The molecule has 2 rings (SSSR count). The molecule has 3 nitrogen and oxygen atoms in total. The third kappa shape index (κ3) is 2.45. The summed E-state index contributed by atoms with van der Waals surface area (Å²) in [6.45, 7) is 2.15. The van der Waals surface area contributed by atoms with Gasteiger partial charge in [-0.05, 0) is 47.6 Å². The van der Waals surface area contributed by atoms with Crippen LogP contribution in [-0.2, 0) is 6.42 Å². The first kappa shape index (κ1) is 12.4. The van der Waals surface area contributed by atoms with Gasteiger partial charge in [-0.15, -0.1) is 0 Å². The van der Waals surface area contributed by atoms with Crippen molar-refractivity contribution in [3.63, 3.8) is 0 Å². The predicted octanol–water partition coefficient (Wildman–Crippen LogP) is 3.25. The zero-order valence-electron chi connectivity index (χ0n) is 9.59. The third-order valence-electron chi connectivity index (χ3n) is 2.73. The van der Waals surface area contributed by atoms with Crippen LogP contribution in [0.15, 0.2) is 0 Å². The van der Waals surface area contributed by atoms with Gasteiger partial charge in [0.25, 0.3) is 0 Å². The minimum atomic E-state index is 0.509. The molecule has 1 aliphatic heterocycles. The van der Waals surface area contributed by atoms with Crippen LogP contribution in [0.1, 0.15) is 36.5 Å². The fourth-order valence-electron chi connectivity index (χ4n) is 1.84. The SMILES string of the molecule is CCc1nc(C2CCCS2)nc(NC)c1I. The maximum atomic E-state index is 4.70. The summed E-state index contributed by atoms with van der Waals surface area (Å²) in [6, 6.07) is 0. The van der Waals surface area contributed by atoms with Gasteiger partial charge in [0.1, 0.15) is 11.6 Å². The Morgan fingerprint density at radius 1 is 1.50 bits per heavy atom. The van der Waals surface area contributed by atoms with Gasteiger partial charge in [-0.1, -0.05) is 6.92 Å². The molecule has 88 valence electrons. The summed E-state index contributed by atoms with van der Waals surface area (Å²) in [5, 5.41) is 3.67. The Morgan fingerprint density at radius 2 is 2.31 bits per heavy atom. The highest BCUT2D eigenvalue weighted by atomic mass is 127. The second-order valence-electron chi connectivity index (χ2n) is 3.80. The fourth-order valence-corrected chi connectivity index (χ4v) is 3.94. The number of halogens is 1. The van der Waals surface area contributed by atoms with Crippen molar-refractivity contribution in [1.82, 2.24) is 9.97 Å². The molecule has 1 saturated heterocycles. The van der Waals surface area contributed by atoms with Crippen molar-refractivity contribution < 1.29 is 0 Å². The lowest BCUT2D eigenvalue weighted by Crippen LogP contribution is -2.08. The summed E-state index contributed by atoms with van der Waals surface area (Å²) >= 11 is 4.31. The number of hydrogen-bond acceptors (Lipinski definition) is 4. The van der Waals surface area contributed by atoms with E-state index in [2.05, 4.69) is 39.8 Å². The second kappa shape index (κ2) is 5.53. The van der Waals surface area contributed by atoms with Gasteiger partial charge in [-0.25, -0.2) is 9.97 Å². The molecule has 1 N–H and O–H groups in total. The van der Waals surface area contributed by atoms with Gasteiger partial charge in [0.05, 0.1) is 14.5 Å². The van der Waals surface area contributed by atoms with Gasteiger partial charge in [-0.2, -0.15) is 11.8 Å². The van der Waals surface area contributed by atoms with Gasteiger partial charge < -0.3 is 5.32 Å². The van der Waals surface area contributed by atoms with Crippen molar-refractivity contribution in [2.45, 2.75) is 31.4 Å². The quantitative estimate of drug-likeness (QED) is 0.851. The maximum Gasteiger partial charge on any atom is 0.144 e. The van der Waals surface area contributed by atoms with E-state index in [0.717, 1.165) is 21.6 Å². The lowest BCUT2D eigenvalue weighted by molar-refractivity contribution is 0.764. The first-order valence-corrected chi connectivity index (χ1v) is 7.74. The van der Waals surface area contributed by atoms with Crippen LogP contribution in [0.3, 0.4) is 0 Å². The summed E-state index contributed by atoms with van der Waals surface area (Å²) in [5.74, 6) is 3.25. The minimum absolute atomic E-state index is 0.509. The highest BCUT2D eigenvalue weighted by molar-refractivity contribution is 14.1. The topological polar surface area (TPSA) is 37.8 Å². The van der Waals surface area contributed by atoms with Gasteiger partial charge in [-0.3, -0.25) is 0 Å². The standard InChI is InChI=1S/C11H16IN3S/c1-3-7-9(12)11(13-2)15-10(14-7)8-5-4-6-16-8/h8H,3-6H2,1-2H3,(H,13,14,15). The molecule has 0 amide bonds. The third-order valence-corrected chi connectivity index (χ3v) is 5.23. The van der Waals surface area contributed by atoms with E-state index in [9.17, 15) is 0 Å². The molecular weight excluding hydrogens is 333 g/mol. The van der Waals surface area contributed by atoms with Gasteiger partial charge in [0, 0.05) is 7.05 Å². The molecule has 0 bridgehead atoms. The molecule has 0 spiro atoms. The monoisotopic (exact) mass is 349 g/mol. The van der Waals surface area contributed by atoms with Crippen molar-refractivity contribution in [2.75, 3.05) is 18.1 Å². The van der Waals surface area contributed by atoms with E-state index < -0.39 is 0 Å². The largest absolute Gasteiger partial charge is 0.372 e. The smallest absolute Gasteiger partial charge is 0.144 e. The Hall–Kier alpha value is -0.0400. The summed E-state index contributed by atoms with van der Waals surface area (Å²) in [4.78, 5) is 9.33. The fraction of sp³-hybridized carbons (Fsp3) is 0.636. The molecule has 0 aromatic carbocycles. The Labute approximate surface area is 114 Å². The number of nitrogens with one attached hydrogen (secondary N) is 1. The molecular formula is C11H16IN3S. The van der Waals surface area contributed by atoms with Crippen LogP contribution in [-0.4, -0.2) is 22.8 Å². The van der Waals surface area contributed by atoms with Gasteiger partial charge in [0.15, 0.2) is 0 Å². The molecule has 0 radical (unpaired) electrons. The average Bonchev–Trinajstić information content (AvgIpc) is 2.83. The lowest BCUT2D eigenvalue weighted by Gasteiger charge is -2.13. The van der Waals surface area contributed by atoms with E-state index >= 15 is 0 Å². The van der Waals surface area contributed by atoms with Crippen molar-refractivity contribution in [2.24, 2.45) is 0 Å². The summed E-state index contributed by atoms with van der Waals surface area (Å²) < 4.78 is 1.16. The molecule has 2 heterocycles. The van der Waals surface area contributed by atoms with Gasteiger partial charge in [0.2, 0.25) is 0 Å². The summed E-state index contributed by atoms with van der Waals surface area (Å²) in [7, 11) is 1.93. The maximum absolute atomic E-state index is 4.70. The average molecular weight is 349 g/mol. The van der Waals surface area contributed by atoms with Crippen LogP contribution >= 0.6 is 34.4 Å². The zero-order valence-corrected chi connectivity index (χ0v) is 12.6. The summed E-state index contributed by atoms with van der Waals surface area (Å²) in [5.41, 5.74) is 1.17. The first-order chi connectivity index (χ1) is 7.76. The van der Waals surface area contributed by atoms with Gasteiger partial charge >= 0.3 is 0 Å². The molecule has 1 fully saturated rings. The second-order valence-corrected chi connectivity index (χ2v) is 6.19. The Morgan fingerprint density at radius 3 is 2.88 bits per heavy atom. The molecule has 1 unspecified atom stereocenters. The van der Waals surface area contributed by atoms with Crippen LogP contribution < -0.4 is 5.32 Å². The van der Waals surface area contributed by atoms with Crippen LogP contribution in [0.2, 0.25) is 0 Å². The number of nitrogens with zero attached hydrogens (tertiary/aromatic N) is 2. The van der Waals surface area contributed by atoms with Crippen molar-refractivity contribution >= 4 is 40.2 Å². The van der Waals surface area contributed by atoms with E-state index in [4.69, 9.17) is 4.98 Å². The van der Waals surface area contributed by atoms with Crippen LogP contribution in [0.5, 0.6) is 0 Å². The number of thioether (sulfide) groups is 1. The molecule has 5 heteroatoms. The molecule has 16 heavy (non-hydrogen) atoms. The number of hydrogen-bond donors (Lipinski definition) is 1. The van der Waals surface area contributed by atoms with E-state index in [-0.39, 0.29) is 0 Å². The van der Waals surface area contributed by atoms with E-state index in [0.29, 0.717) is 5.25 Å². The minimum Gasteiger partial charge on any atom is -0.372 e. The van der Waals surface area contributed by atoms with E-state index in [1.807, 2.05) is 18.8 Å². The number of aryl methyl sites for hydroxylation is 1. The first-order valence-electron chi connectivity index (χ1n) is 5.62. The van der Waals surface area contributed by atoms with Crippen LogP contribution in [0.4, 0.5) is 5.82 Å². The van der Waals surface area contributed by atoms with Crippen LogP contribution in [0, 0.1) is 3.57 Å².